The minimum Gasteiger partial charge on any atom is -0.368 e. The number of nitrogens with zero attached hydrogens (tertiary/aromatic N) is 2. The van der Waals surface area contributed by atoms with E-state index in [1.165, 1.54) is 4.90 Å². The lowest BCUT2D eigenvalue weighted by atomic mass is 9.79. The first-order chi connectivity index (χ1) is 9.47. The van der Waals surface area contributed by atoms with Gasteiger partial charge in [-0.15, -0.1) is 0 Å². The van der Waals surface area contributed by atoms with Crippen molar-refractivity contribution in [3.8, 4) is 6.07 Å². The lowest BCUT2D eigenvalue weighted by Crippen LogP contribution is -2.47. The van der Waals surface area contributed by atoms with Crippen molar-refractivity contribution < 1.29 is 9.59 Å². The minimum atomic E-state index is -1.01. The van der Waals surface area contributed by atoms with Crippen LogP contribution in [0.15, 0.2) is 0 Å². The standard InChI is InChI=1S/C15H27N3O2/c1-4-7-10-18(11-13(17)19)14(20)15(12-16,8-5-2)9-6-3/h4-11H2,1-3H3,(H2,17,19). The van der Waals surface area contributed by atoms with Crippen molar-refractivity contribution in [2.45, 2.75) is 59.3 Å². The molecule has 0 heterocycles. The van der Waals surface area contributed by atoms with Crippen LogP contribution in [-0.2, 0) is 9.59 Å². The van der Waals surface area contributed by atoms with Gasteiger partial charge in [-0.3, -0.25) is 9.59 Å². The summed E-state index contributed by atoms with van der Waals surface area (Å²) in [4.78, 5) is 25.3. The lowest BCUT2D eigenvalue weighted by Gasteiger charge is -2.31. The topological polar surface area (TPSA) is 87.2 Å². The Balaban J connectivity index is 5.21. The van der Waals surface area contributed by atoms with Gasteiger partial charge in [-0.2, -0.15) is 5.26 Å². The highest BCUT2D eigenvalue weighted by Crippen LogP contribution is 2.31. The normalized spacial score (nSPS) is 10.9. The molecular formula is C15H27N3O2. The number of hydrogen-bond acceptors (Lipinski definition) is 3. The molecule has 0 aromatic heterocycles. The fraction of sp³-hybridized carbons (Fsp3) is 0.800. The van der Waals surface area contributed by atoms with E-state index in [2.05, 4.69) is 6.07 Å². The molecule has 0 atom stereocenters. The van der Waals surface area contributed by atoms with Gasteiger partial charge in [0.1, 0.15) is 5.41 Å². The maximum absolute atomic E-state index is 12.7. The highest BCUT2D eigenvalue weighted by molar-refractivity contribution is 5.89. The molecule has 0 aromatic carbocycles. The highest BCUT2D eigenvalue weighted by atomic mass is 16.2. The van der Waals surface area contributed by atoms with Crippen LogP contribution in [0.3, 0.4) is 0 Å². The molecule has 0 bridgehead atoms. The first-order valence-electron chi connectivity index (χ1n) is 7.46. The number of hydrogen-bond donors (Lipinski definition) is 1. The average Bonchev–Trinajstić information content (AvgIpc) is 2.41. The van der Waals surface area contributed by atoms with Gasteiger partial charge in [0.25, 0.3) is 0 Å². The number of nitrogens with two attached hydrogens (primary N) is 1. The van der Waals surface area contributed by atoms with Crippen molar-refractivity contribution in [3.63, 3.8) is 0 Å². The monoisotopic (exact) mass is 281 g/mol. The summed E-state index contributed by atoms with van der Waals surface area (Å²) in [5, 5.41) is 9.50. The van der Waals surface area contributed by atoms with Crippen LogP contribution in [0.25, 0.3) is 0 Å². The van der Waals surface area contributed by atoms with Crippen LogP contribution >= 0.6 is 0 Å². The Morgan fingerprint density at radius 2 is 1.70 bits per heavy atom. The van der Waals surface area contributed by atoms with E-state index in [1.54, 1.807) is 0 Å². The molecule has 114 valence electrons. The van der Waals surface area contributed by atoms with Crippen LogP contribution in [0.1, 0.15) is 59.3 Å². The number of amides is 2. The van der Waals surface area contributed by atoms with Gasteiger partial charge in [0.15, 0.2) is 0 Å². The average molecular weight is 281 g/mol. The van der Waals surface area contributed by atoms with Gasteiger partial charge in [0, 0.05) is 6.54 Å². The van der Waals surface area contributed by atoms with Gasteiger partial charge in [-0.25, -0.2) is 0 Å². The van der Waals surface area contributed by atoms with E-state index in [0.29, 0.717) is 19.4 Å². The third-order valence-corrected chi connectivity index (χ3v) is 3.39. The number of rotatable bonds is 10. The van der Waals surface area contributed by atoms with Crippen molar-refractivity contribution in [3.05, 3.63) is 0 Å². The van der Waals surface area contributed by atoms with Crippen LogP contribution in [0.5, 0.6) is 0 Å². The third kappa shape index (κ3) is 5.20. The number of carbonyl (C=O) groups is 2. The second-order valence-corrected chi connectivity index (χ2v) is 5.24. The molecule has 0 aromatic rings. The van der Waals surface area contributed by atoms with E-state index in [0.717, 1.165) is 25.7 Å². The van der Waals surface area contributed by atoms with E-state index in [4.69, 9.17) is 5.73 Å². The minimum absolute atomic E-state index is 0.101. The Morgan fingerprint density at radius 1 is 1.15 bits per heavy atom. The number of unbranched alkanes of at least 4 members (excludes halogenated alkanes) is 1. The van der Waals surface area contributed by atoms with E-state index < -0.39 is 11.3 Å². The van der Waals surface area contributed by atoms with Crippen LogP contribution in [0.2, 0.25) is 0 Å². The van der Waals surface area contributed by atoms with E-state index in [-0.39, 0.29) is 12.5 Å². The summed E-state index contributed by atoms with van der Waals surface area (Å²) < 4.78 is 0. The highest BCUT2D eigenvalue weighted by Gasteiger charge is 2.40. The second-order valence-electron chi connectivity index (χ2n) is 5.24. The van der Waals surface area contributed by atoms with Crippen LogP contribution in [0.4, 0.5) is 0 Å². The maximum Gasteiger partial charge on any atom is 0.243 e. The summed E-state index contributed by atoms with van der Waals surface area (Å²) in [6.45, 7) is 6.31. The molecule has 0 aliphatic heterocycles. The molecule has 2 amide bonds. The van der Waals surface area contributed by atoms with Gasteiger partial charge in [0.05, 0.1) is 12.6 Å². The van der Waals surface area contributed by atoms with Crippen molar-refractivity contribution >= 4 is 11.8 Å². The van der Waals surface area contributed by atoms with Gasteiger partial charge in [0.2, 0.25) is 11.8 Å². The molecule has 0 fully saturated rings. The molecule has 5 nitrogen and oxygen atoms in total. The molecule has 0 rings (SSSR count). The largest absolute Gasteiger partial charge is 0.368 e. The van der Waals surface area contributed by atoms with Crippen LogP contribution < -0.4 is 5.73 Å². The summed E-state index contributed by atoms with van der Waals surface area (Å²) in [6.07, 6.45) is 4.30. The quantitative estimate of drug-likeness (QED) is 0.666. The predicted octanol–water partition coefficient (Wildman–Crippen LogP) is 2.21. The van der Waals surface area contributed by atoms with Crippen molar-refractivity contribution in [1.29, 1.82) is 5.26 Å². The molecule has 0 aliphatic carbocycles. The Labute approximate surface area is 122 Å². The predicted molar refractivity (Wildman–Crippen MR) is 78.5 cm³/mol. The summed E-state index contributed by atoms with van der Waals surface area (Å²) in [7, 11) is 0. The molecule has 5 heteroatoms. The zero-order valence-electron chi connectivity index (χ0n) is 12.9. The Bertz CT molecular complexity index is 355. The lowest BCUT2D eigenvalue weighted by molar-refractivity contribution is -0.142. The summed E-state index contributed by atoms with van der Waals surface area (Å²) in [6, 6.07) is 2.20. The molecule has 0 saturated carbocycles. The molecule has 2 N–H and O–H groups in total. The summed E-state index contributed by atoms with van der Waals surface area (Å²) >= 11 is 0. The molecule has 0 radical (unpaired) electrons. The first kappa shape index (κ1) is 18.4. The number of carbonyl (C=O) groups excluding carboxylic acids is 2. The van der Waals surface area contributed by atoms with Gasteiger partial charge in [-0.05, 0) is 19.3 Å². The SMILES string of the molecule is CCCCN(CC(N)=O)C(=O)C(C#N)(CCC)CCC. The second kappa shape index (κ2) is 9.35. The third-order valence-electron chi connectivity index (χ3n) is 3.39. The molecule has 0 unspecified atom stereocenters. The molecule has 0 aliphatic rings. The van der Waals surface area contributed by atoms with E-state index in [9.17, 15) is 14.9 Å². The summed E-state index contributed by atoms with van der Waals surface area (Å²) in [5.41, 5.74) is 4.21. The van der Waals surface area contributed by atoms with Gasteiger partial charge < -0.3 is 10.6 Å². The molecule has 0 spiro atoms. The zero-order chi connectivity index (χ0) is 15.6. The van der Waals surface area contributed by atoms with E-state index >= 15 is 0 Å². The van der Waals surface area contributed by atoms with Gasteiger partial charge in [-0.1, -0.05) is 40.0 Å². The fourth-order valence-corrected chi connectivity index (χ4v) is 2.44. The molecular weight excluding hydrogens is 254 g/mol. The van der Waals surface area contributed by atoms with E-state index in [1.807, 2.05) is 20.8 Å². The summed E-state index contributed by atoms with van der Waals surface area (Å²) in [5.74, 6) is -0.773. The number of primary amides is 1. The smallest absolute Gasteiger partial charge is 0.243 e. The number of nitriles is 1. The Kier molecular flexibility index (Phi) is 8.62. The first-order valence-corrected chi connectivity index (χ1v) is 7.46. The maximum atomic E-state index is 12.7. The van der Waals surface area contributed by atoms with Crippen molar-refractivity contribution in [2.75, 3.05) is 13.1 Å². The fourth-order valence-electron chi connectivity index (χ4n) is 2.44. The van der Waals surface area contributed by atoms with Crippen LogP contribution in [0, 0.1) is 16.7 Å². The molecule has 0 saturated heterocycles. The van der Waals surface area contributed by atoms with Crippen molar-refractivity contribution in [1.82, 2.24) is 4.90 Å². The van der Waals surface area contributed by atoms with Crippen LogP contribution in [-0.4, -0.2) is 29.8 Å². The molecule has 20 heavy (non-hydrogen) atoms. The zero-order valence-corrected chi connectivity index (χ0v) is 12.9. The van der Waals surface area contributed by atoms with Crippen molar-refractivity contribution in [2.24, 2.45) is 11.1 Å². The Hall–Kier alpha value is -1.57. The Morgan fingerprint density at radius 3 is 2.05 bits per heavy atom. The van der Waals surface area contributed by atoms with Gasteiger partial charge >= 0.3 is 0 Å².